The lowest BCUT2D eigenvalue weighted by molar-refractivity contribution is 0.603. The SMILES string of the molecule is NCc1cnnn1-c1cccc(Cl)c1F. The van der Waals surface area contributed by atoms with E-state index in [1.165, 1.54) is 16.9 Å². The van der Waals surface area contributed by atoms with Crippen LogP contribution in [-0.4, -0.2) is 15.0 Å². The van der Waals surface area contributed by atoms with Crippen LogP contribution < -0.4 is 5.73 Å². The van der Waals surface area contributed by atoms with Crippen molar-refractivity contribution < 1.29 is 4.39 Å². The van der Waals surface area contributed by atoms with Gasteiger partial charge in [0.15, 0.2) is 5.82 Å². The summed E-state index contributed by atoms with van der Waals surface area (Å²) >= 11 is 5.66. The van der Waals surface area contributed by atoms with E-state index in [2.05, 4.69) is 10.3 Å². The van der Waals surface area contributed by atoms with Crippen molar-refractivity contribution in [3.8, 4) is 5.69 Å². The lowest BCUT2D eigenvalue weighted by Gasteiger charge is -2.06. The molecule has 0 atom stereocenters. The highest BCUT2D eigenvalue weighted by atomic mass is 35.5. The predicted molar refractivity (Wildman–Crippen MR) is 54.2 cm³/mol. The van der Waals surface area contributed by atoms with Crippen molar-refractivity contribution in [1.82, 2.24) is 15.0 Å². The molecule has 0 spiro atoms. The van der Waals surface area contributed by atoms with Crippen LogP contribution in [0.1, 0.15) is 5.69 Å². The fraction of sp³-hybridized carbons (Fsp3) is 0.111. The fourth-order valence-electron chi connectivity index (χ4n) is 1.25. The third kappa shape index (κ3) is 1.71. The number of benzene rings is 1. The molecule has 0 bridgehead atoms. The van der Waals surface area contributed by atoms with Crippen molar-refractivity contribution in [3.05, 3.63) is 40.9 Å². The van der Waals surface area contributed by atoms with Gasteiger partial charge in [0.2, 0.25) is 0 Å². The zero-order valence-electron chi connectivity index (χ0n) is 7.69. The molecule has 0 aliphatic heterocycles. The number of nitrogens with zero attached hydrogens (tertiary/aromatic N) is 3. The van der Waals surface area contributed by atoms with Crippen molar-refractivity contribution in [2.45, 2.75) is 6.54 Å². The van der Waals surface area contributed by atoms with Crippen LogP contribution >= 0.6 is 11.6 Å². The molecule has 1 aromatic carbocycles. The monoisotopic (exact) mass is 226 g/mol. The summed E-state index contributed by atoms with van der Waals surface area (Å²) in [5.74, 6) is -0.528. The molecular formula is C9H8ClFN4. The van der Waals surface area contributed by atoms with Crippen LogP contribution in [0, 0.1) is 5.82 Å². The van der Waals surface area contributed by atoms with Gasteiger partial charge in [-0.15, -0.1) is 5.10 Å². The molecule has 0 aliphatic rings. The second-order valence-electron chi connectivity index (χ2n) is 2.91. The standard InChI is InChI=1S/C9H8ClFN4/c10-7-2-1-3-8(9(7)11)15-6(4-12)5-13-14-15/h1-3,5H,4,12H2. The van der Waals surface area contributed by atoms with Gasteiger partial charge >= 0.3 is 0 Å². The van der Waals surface area contributed by atoms with Crippen molar-refractivity contribution in [2.75, 3.05) is 0 Å². The first kappa shape index (κ1) is 10.1. The Hall–Kier alpha value is -1.46. The molecule has 2 rings (SSSR count). The zero-order valence-corrected chi connectivity index (χ0v) is 8.45. The summed E-state index contributed by atoms with van der Waals surface area (Å²) in [6, 6.07) is 4.68. The van der Waals surface area contributed by atoms with E-state index in [0.717, 1.165) is 0 Å². The van der Waals surface area contributed by atoms with Crippen LogP contribution in [0.3, 0.4) is 0 Å². The van der Waals surface area contributed by atoms with Crippen molar-refractivity contribution in [3.63, 3.8) is 0 Å². The molecule has 78 valence electrons. The third-order valence-corrected chi connectivity index (χ3v) is 2.28. The molecule has 2 aromatic rings. The smallest absolute Gasteiger partial charge is 0.167 e. The highest BCUT2D eigenvalue weighted by Gasteiger charge is 2.11. The van der Waals surface area contributed by atoms with Crippen LogP contribution in [0.25, 0.3) is 5.69 Å². The number of hydrogen-bond acceptors (Lipinski definition) is 3. The molecule has 0 aliphatic carbocycles. The maximum Gasteiger partial charge on any atom is 0.167 e. The summed E-state index contributed by atoms with van der Waals surface area (Å²) in [7, 11) is 0. The maximum absolute atomic E-state index is 13.6. The molecule has 4 nitrogen and oxygen atoms in total. The van der Waals surface area contributed by atoms with Gasteiger partial charge in [-0.2, -0.15) is 0 Å². The molecule has 0 saturated carbocycles. The zero-order chi connectivity index (χ0) is 10.8. The predicted octanol–water partition coefficient (Wildman–Crippen LogP) is 1.52. The van der Waals surface area contributed by atoms with Crippen molar-refractivity contribution in [1.29, 1.82) is 0 Å². The molecule has 0 fully saturated rings. The van der Waals surface area contributed by atoms with E-state index in [-0.39, 0.29) is 17.3 Å². The van der Waals surface area contributed by atoms with Gasteiger partial charge in [-0.05, 0) is 12.1 Å². The molecule has 1 aromatic heterocycles. The van der Waals surface area contributed by atoms with Crippen molar-refractivity contribution in [2.24, 2.45) is 5.73 Å². The second kappa shape index (κ2) is 3.96. The lowest BCUT2D eigenvalue weighted by Crippen LogP contribution is -2.08. The van der Waals surface area contributed by atoms with E-state index in [1.54, 1.807) is 12.1 Å². The molecule has 1 heterocycles. The Morgan fingerprint density at radius 2 is 2.27 bits per heavy atom. The minimum Gasteiger partial charge on any atom is -0.325 e. The van der Waals surface area contributed by atoms with E-state index in [1.807, 2.05) is 0 Å². The number of nitrogens with two attached hydrogens (primary N) is 1. The first-order chi connectivity index (χ1) is 7.24. The minimum absolute atomic E-state index is 0.0472. The molecule has 0 saturated heterocycles. The average Bonchev–Trinajstić information content (AvgIpc) is 2.70. The van der Waals surface area contributed by atoms with Crippen LogP contribution in [-0.2, 0) is 6.54 Å². The quantitative estimate of drug-likeness (QED) is 0.845. The Morgan fingerprint density at radius 3 is 3.00 bits per heavy atom. The van der Waals surface area contributed by atoms with E-state index in [9.17, 15) is 4.39 Å². The van der Waals surface area contributed by atoms with Gasteiger partial charge in [0, 0.05) is 6.54 Å². The highest BCUT2D eigenvalue weighted by Crippen LogP contribution is 2.21. The van der Waals surface area contributed by atoms with Gasteiger partial charge < -0.3 is 5.73 Å². The second-order valence-corrected chi connectivity index (χ2v) is 3.32. The lowest BCUT2D eigenvalue weighted by atomic mass is 10.3. The van der Waals surface area contributed by atoms with E-state index < -0.39 is 5.82 Å². The van der Waals surface area contributed by atoms with E-state index in [4.69, 9.17) is 17.3 Å². The minimum atomic E-state index is -0.528. The van der Waals surface area contributed by atoms with Gasteiger partial charge in [-0.3, -0.25) is 0 Å². The molecule has 0 unspecified atom stereocenters. The third-order valence-electron chi connectivity index (χ3n) is 1.99. The van der Waals surface area contributed by atoms with Gasteiger partial charge in [0.25, 0.3) is 0 Å². The van der Waals surface area contributed by atoms with Gasteiger partial charge in [-0.1, -0.05) is 22.9 Å². The summed E-state index contributed by atoms with van der Waals surface area (Å²) in [6.45, 7) is 0.235. The Balaban J connectivity index is 2.59. The van der Waals surface area contributed by atoms with Crippen LogP contribution in [0.2, 0.25) is 5.02 Å². The first-order valence-electron chi connectivity index (χ1n) is 4.28. The van der Waals surface area contributed by atoms with Crippen LogP contribution in [0.5, 0.6) is 0 Å². The van der Waals surface area contributed by atoms with Crippen LogP contribution in [0.15, 0.2) is 24.4 Å². The molecule has 0 amide bonds. The van der Waals surface area contributed by atoms with Crippen molar-refractivity contribution >= 4 is 11.6 Å². The van der Waals surface area contributed by atoms with Gasteiger partial charge in [0.05, 0.1) is 16.9 Å². The topological polar surface area (TPSA) is 56.7 Å². The summed E-state index contributed by atoms with van der Waals surface area (Å²) in [6.07, 6.45) is 1.49. The highest BCUT2D eigenvalue weighted by molar-refractivity contribution is 6.30. The summed E-state index contributed by atoms with van der Waals surface area (Å²) in [5.41, 5.74) is 6.34. The average molecular weight is 227 g/mol. The summed E-state index contributed by atoms with van der Waals surface area (Å²) in [4.78, 5) is 0. The largest absolute Gasteiger partial charge is 0.325 e. The molecule has 2 N–H and O–H groups in total. The number of aromatic nitrogens is 3. The van der Waals surface area contributed by atoms with E-state index in [0.29, 0.717) is 5.69 Å². The Morgan fingerprint density at radius 1 is 1.47 bits per heavy atom. The summed E-state index contributed by atoms with van der Waals surface area (Å²) < 4.78 is 15.0. The molecule has 15 heavy (non-hydrogen) atoms. The number of hydrogen-bond donors (Lipinski definition) is 1. The summed E-state index contributed by atoms with van der Waals surface area (Å²) in [5, 5.41) is 7.46. The van der Waals surface area contributed by atoms with Gasteiger partial charge in [0.1, 0.15) is 5.69 Å². The van der Waals surface area contributed by atoms with Gasteiger partial charge in [-0.25, -0.2) is 9.07 Å². The number of halogens is 2. The molecule has 0 radical (unpaired) electrons. The molecule has 6 heteroatoms. The normalized spacial score (nSPS) is 10.6. The Bertz CT molecular complexity index is 483. The maximum atomic E-state index is 13.6. The van der Waals surface area contributed by atoms with E-state index >= 15 is 0 Å². The molecular weight excluding hydrogens is 219 g/mol. The van der Waals surface area contributed by atoms with Crippen LogP contribution in [0.4, 0.5) is 4.39 Å². The Kier molecular flexibility index (Phi) is 2.66. The number of rotatable bonds is 2. The first-order valence-corrected chi connectivity index (χ1v) is 4.66. The fourth-order valence-corrected chi connectivity index (χ4v) is 1.42. The Labute approximate surface area is 90.5 Å².